The van der Waals surface area contributed by atoms with Crippen LogP contribution in [0.2, 0.25) is 5.02 Å². The average Bonchev–Trinajstić information content (AvgIpc) is 3.63. The second kappa shape index (κ2) is 11.3. The number of aromatic nitrogens is 3. The molecule has 1 aliphatic rings. The number of carbonyl (C=O) groups is 2. The van der Waals surface area contributed by atoms with E-state index in [4.69, 9.17) is 21.1 Å². The summed E-state index contributed by atoms with van der Waals surface area (Å²) in [7, 11) is 1.53. The van der Waals surface area contributed by atoms with Crippen LogP contribution in [0.1, 0.15) is 43.3 Å². The standard InChI is InChI=1S/C32H29ClN4O5S/c1-17(2)12-14-42-22-11-8-19(15-23(22)41-4)28-26(29(38)27-18(3)34-25-7-5-6-13-36(25)27)30(39)31(40)37(28)32-35-21-10-9-20(33)16-24(21)43-32/h5-11,13,15-17,28,38H,12,14H2,1-4H3. The molecule has 0 saturated carbocycles. The van der Waals surface area contributed by atoms with E-state index in [2.05, 4.69) is 23.8 Å². The Bertz CT molecular complexity index is 1930. The van der Waals surface area contributed by atoms with Crippen molar-refractivity contribution in [3.63, 3.8) is 0 Å². The van der Waals surface area contributed by atoms with Crippen molar-refractivity contribution in [2.75, 3.05) is 18.6 Å². The van der Waals surface area contributed by atoms with Crippen molar-refractivity contribution in [1.82, 2.24) is 14.4 Å². The van der Waals surface area contributed by atoms with Gasteiger partial charge in [0.2, 0.25) is 0 Å². The van der Waals surface area contributed by atoms with E-state index in [1.54, 1.807) is 66.1 Å². The molecule has 1 amide bonds. The Morgan fingerprint density at radius 2 is 1.91 bits per heavy atom. The molecular weight excluding hydrogens is 588 g/mol. The first-order valence-corrected chi connectivity index (χ1v) is 15.0. The molecule has 5 aromatic rings. The molecule has 11 heteroatoms. The number of benzene rings is 2. The second-order valence-corrected chi connectivity index (χ2v) is 12.1. The first kappa shape index (κ1) is 28.7. The van der Waals surface area contributed by atoms with Crippen LogP contribution >= 0.6 is 22.9 Å². The van der Waals surface area contributed by atoms with Gasteiger partial charge >= 0.3 is 5.91 Å². The van der Waals surface area contributed by atoms with Gasteiger partial charge in [0, 0.05) is 11.2 Å². The summed E-state index contributed by atoms with van der Waals surface area (Å²) < 4.78 is 14.1. The molecule has 0 aliphatic carbocycles. The van der Waals surface area contributed by atoms with Crippen molar-refractivity contribution >= 4 is 61.4 Å². The lowest BCUT2D eigenvalue weighted by atomic mass is 9.96. The zero-order chi connectivity index (χ0) is 30.4. The van der Waals surface area contributed by atoms with E-state index >= 15 is 0 Å². The van der Waals surface area contributed by atoms with Gasteiger partial charge in [-0.15, -0.1) is 0 Å². The highest BCUT2D eigenvalue weighted by Gasteiger charge is 2.49. The van der Waals surface area contributed by atoms with E-state index in [1.807, 2.05) is 6.07 Å². The number of methoxy groups -OCH3 is 1. The lowest BCUT2D eigenvalue weighted by Crippen LogP contribution is -2.29. The summed E-state index contributed by atoms with van der Waals surface area (Å²) in [5.74, 6) is -0.523. The molecule has 0 bridgehead atoms. The lowest BCUT2D eigenvalue weighted by Gasteiger charge is -2.24. The van der Waals surface area contributed by atoms with Crippen LogP contribution in [0.4, 0.5) is 5.13 Å². The number of aliphatic hydroxyl groups excluding tert-OH is 1. The van der Waals surface area contributed by atoms with Crippen molar-refractivity contribution < 1.29 is 24.2 Å². The fraction of sp³-hybridized carbons (Fsp3) is 0.250. The number of halogens is 1. The van der Waals surface area contributed by atoms with Crippen molar-refractivity contribution in [3.8, 4) is 11.5 Å². The third-order valence-corrected chi connectivity index (χ3v) is 8.63. The van der Waals surface area contributed by atoms with Crippen LogP contribution < -0.4 is 14.4 Å². The van der Waals surface area contributed by atoms with E-state index in [1.165, 1.54) is 23.3 Å². The van der Waals surface area contributed by atoms with Crippen LogP contribution in [-0.4, -0.2) is 44.9 Å². The Morgan fingerprint density at radius 3 is 2.67 bits per heavy atom. The van der Waals surface area contributed by atoms with E-state index in [9.17, 15) is 14.7 Å². The van der Waals surface area contributed by atoms with Gasteiger partial charge in [0.1, 0.15) is 11.3 Å². The number of thiazole rings is 1. The molecule has 3 aromatic heterocycles. The number of ketones is 1. The van der Waals surface area contributed by atoms with Gasteiger partial charge < -0.3 is 14.6 Å². The summed E-state index contributed by atoms with van der Waals surface area (Å²) in [6.07, 6.45) is 2.62. The maximum atomic E-state index is 13.8. The number of Topliss-reactive ketones (excluding diaryl/α,β-unsaturated/α-hetero) is 1. The summed E-state index contributed by atoms with van der Waals surface area (Å²) in [6.45, 7) is 6.49. The highest BCUT2D eigenvalue weighted by atomic mass is 35.5. The van der Waals surface area contributed by atoms with Crippen LogP contribution in [0.3, 0.4) is 0 Å². The zero-order valence-corrected chi connectivity index (χ0v) is 25.6. The number of hydrogen-bond acceptors (Lipinski definition) is 8. The molecule has 1 N–H and O–H groups in total. The maximum Gasteiger partial charge on any atom is 0.301 e. The van der Waals surface area contributed by atoms with Gasteiger partial charge in [0.15, 0.2) is 22.4 Å². The summed E-state index contributed by atoms with van der Waals surface area (Å²) in [6, 6.07) is 14.9. The maximum absolute atomic E-state index is 13.8. The molecule has 220 valence electrons. The van der Waals surface area contributed by atoms with Gasteiger partial charge in [0.25, 0.3) is 5.78 Å². The number of amides is 1. The topological polar surface area (TPSA) is 106 Å². The normalized spacial score (nSPS) is 16.6. The van der Waals surface area contributed by atoms with Gasteiger partial charge in [-0.3, -0.25) is 18.9 Å². The van der Waals surface area contributed by atoms with Crippen molar-refractivity contribution in [1.29, 1.82) is 0 Å². The van der Waals surface area contributed by atoms with Crippen LogP contribution in [0, 0.1) is 12.8 Å². The first-order valence-electron chi connectivity index (χ1n) is 13.8. The van der Waals surface area contributed by atoms with Crippen molar-refractivity contribution in [2.45, 2.75) is 33.2 Å². The molecule has 2 aromatic carbocycles. The molecule has 43 heavy (non-hydrogen) atoms. The van der Waals surface area contributed by atoms with Gasteiger partial charge in [0.05, 0.1) is 41.2 Å². The molecule has 0 spiro atoms. The number of carbonyl (C=O) groups excluding carboxylic acids is 2. The fourth-order valence-corrected chi connectivity index (χ4v) is 6.51. The predicted octanol–water partition coefficient (Wildman–Crippen LogP) is 6.97. The quantitative estimate of drug-likeness (QED) is 0.114. The van der Waals surface area contributed by atoms with E-state index in [0.29, 0.717) is 62.3 Å². The number of ether oxygens (including phenoxy) is 2. The zero-order valence-electron chi connectivity index (χ0n) is 24.0. The Labute approximate surface area is 257 Å². The highest BCUT2D eigenvalue weighted by Crippen LogP contribution is 2.46. The lowest BCUT2D eigenvalue weighted by molar-refractivity contribution is -0.132. The number of pyridine rings is 1. The monoisotopic (exact) mass is 616 g/mol. The molecule has 1 atom stereocenters. The van der Waals surface area contributed by atoms with Crippen LogP contribution in [0.5, 0.6) is 11.5 Å². The molecule has 1 unspecified atom stereocenters. The first-order chi connectivity index (χ1) is 20.7. The smallest absolute Gasteiger partial charge is 0.301 e. The molecule has 9 nitrogen and oxygen atoms in total. The predicted molar refractivity (Wildman–Crippen MR) is 167 cm³/mol. The third-order valence-electron chi connectivity index (χ3n) is 7.37. The van der Waals surface area contributed by atoms with Crippen molar-refractivity contribution in [2.24, 2.45) is 5.92 Å². The Balaban J connectivity index is 1.55. The number of rotatable bonds is 8. The second-order valence-electron chi connectivity index (χ2n) is 10.7. The number of aliphatic hydroxyl groups is 1. The Morgan fingerprint density at radius 1 is 1.09 bits per heavy atom. The third kappa shape index (κ3) is 5.10. The number of imidazole rings is 1. The van der Waals surface area contributed by atoms with Crippen LogP contribution in [-0.2, 0) is 9.59 Å². The summed E-state index contributed by atoms with van der Waals surface area (Å²) in [5.41, 5.74) is 2.53. The minimum Gasteiger partial charge on any atom is -0.505 e. The van der Waals surface area contributed by atoms with Gasteiger partial charge in [-0.2, -0.15) is 0 Å². The SMILES string of the molecule is COc1cc(C2C(=C(O)c3c(C)nc4ccccn34)C(=O)C(=O)N2c2nc3ccc(Cl)cc3s2)ccc1OCCC(C)C. The van der Waals surface area contributed by atoms with Crippen LogP contribution in [0.25, 0.3) is 21.6 Å². The molecule has 0 radical (unpaired) electrons. The number of nitrogens with zero attached hydrogens (tertiary/aromatic N) is 4. The number of fused-ring (bicyclic) bond motifs is 2. The van der Waals surface area contributed by atoms with Gasteiger partial charge in [-0.1, -0.05) is 48.9 Å². The van der Waals surface area contributed by atoms with Gasteiger partial charge in [-0.25, -0.2) is 9.97 Å². The van der Waals surface area contributed by atoms with Gasteiger partial charge in [-0.05, 0) is 67.3 Å². The fourth-order valence-electron chi connectivity index (χ4n) is 5.24. The summed E-state index contributed by atoms with van der Waals surface area (Å²) in [4.78, 5) is 38.1. The number of anilines is 1. The number of hydrogen-bond donors (Lipinski definition) is 1. The van der Waals surface area contributed by atoms with E-state index in [0.717, 1.165) is 11.1 Å². The highest BCUT2D eigenvalue weighted by molar-refractivity contribution is 7.22. The molecule has 1 fully saturated rings. The average molecular weight is 617 g/mol. The molecule has 1 aliphatic heterocycles. The van der Waals surface area contributed by atoms with E-state index in [-0.39, 0.29) is 11.3 Å². The molecule has 4 heterocycles. The minimum atomic E-state index is -1.01. The number of aryl methyl sites for hydroxylation is 1. The molecule has 1 saturated heterocycles. The van der Waals surface area contributed by atoms with E-state index < -0.39 is 17.7 Å². The van der Waals surface area contributed by atoms with Crippen molar-refractivity contribution in [3.05, 3.63) is 88.3 Å². The molecule has 6 rings (SSSR count). The summed E-state index contributed by atoms with van der Waals surface area (Å²) in [5, 5.41) is 12.7. The minimum absolute atomic E-state index is 0.0772. The Kier molecular flexibility index (Phi) is 7.57. The van der Waals surface area contributed by atoms with Crippen LogP contribution in [0.15, 0.2) is 66.4 Å². The molecular formula is C32H29ClN4O5S. The Hall–Kier alpha value is -4.41. The summed E-state index contributed by atoms with van der Waals surface area (Å²) >= 11 is 7.46. The largest absolute Gasteiger partial charge is 0.505 e.